The van der Waals surface area contributed by atoms with Crippen molar-refractivity contribution in [3.63, 3.8) is 0 Å². The molecule has 0 saturated carbocycles. The summed E-state index contributed by atoms with van der Waals surface area (Å²) in [5, 5.41) is 9.43. The maximum absolute atomic E-state index is 11.0. The van der Waals surface area contributed by atoms with E-state index >= 15 is 0 Å². The third kappa shape index (κ3) is 3.38. The Kier molecular flexibility index (Phi) is 3.99. The zero-order valence-electron chi connectivity index (χ0n) is 10.5. The fourth-order valence-corrected chi connectivity index (χ4v) is 2.51. The molecule has 1 saturated heterocycles. The molecule has 0 aliphatic carbocycles. The van der Waals surface area contributed by atoms with E-state index < -0.39 is 16.4 Å². The highest BCUT2D eigenvalue weighted by Crippen LogP contribution is 2.16. The summed E-state index contributed by atoms with van der Waals surface area (Å²) in [7, 11) is -4.12. The van der Waals surface area contributed by atoms with Crippen LogP contribution in [0.1, 0.15) is 18.9 Å². The Balaban J connectivity index is 2.07. The molecule has 0 bridgehead atoms. The second kappa shape index (κ2) is 5.37. The molecule has 1 aromatic heterocycles. The lowest BCUT2D eigenvalue weighted by Gasteiger charge is -2.33. The number of aromatic nitrogens is 2. The number of aliphatic hydroxyl groups excluding tert-OH is 1. The van der Waals surface area contributed by atoms with Crippen molar-refractivity contribution in [1.29, 1.82) is 0 Å². The monoisotopic (exact) mass is 288 g/mol. The Morgan fingerprint density at radius 2 is 1.95 bits per heavy atom. The normalized spacial score (nSPS) is 19.4. The topological polar surface area (TPSA) is 107 Å². The summed E-state index contributed by atoms with van der Waals surface area (Å²) in [4.78, 5) is 10.1. The van der Waals surface area contributed by atoms with Gasteiger partial charge in [0.2, 0.25) is 0 Å². The molecule has 0 unspecified atom stereocenters. The van der Waals surface area contributed by atoms with E-state index in [-0.39, 0.29) is 13.1 Å². The van der Waals surface area contributed by atoms with Gasteiger partial charge in [-0.05, 0) is 13.0 Å². The lowest BCUT2D eigenvalue weighted by molar-refractivity contribution is 0.189. The van der Waals surface area contributed by atoms with E-state index in [9.17, 15) is 13.5 Å². The molecule has 8 nitrogen and oxygen atoms in total. The molecule has 0 spiro atoms. The van der Waals surface area contributed by atoms with E-state index in [0.717, 1.165) is 4.31 Å². The molecule has 0 amide bonds. The van der Waals surface area contributed by atoms with Crippen molar-refractivity contribution >= 4 is 16.1 Å². The van der Waals surface area contributed by atoms with Gasteiger partial charge in [-0.2, -0.15) is 12.7 Å². The highest BCUT2D eigenvalue weighted by molar-refractivity contribution is 7.83. The summed E-state index contributed by atoms with van der Waals surface area (Å²) in [6.45, 7) is 2.83. The van der Waals surface area contributed by atoms with Crippen LogP contribution in [-0.4, -0.2) is 58.5 Å². The maximum atomic E-state index is 11.0. The second-order valence-corrected chi connectivity index (χ2v) is 5.72. The first-order valence-corrected chi connectivity index (χ1v) is 7.26. The standard InChI is InChI=1S/C10H16N4O4S/c1-8(15)10-11-3-2-9(12-10)13-4-6-14(7-5-13)19(16,17)18/h2-3,8,15H,4-7H2,1H3,(H,16,17,18)/t8-/m1/s1. The maximum Gasteiger partial charge on any atom is 0.336 e. The summed E-state index contributed by atoms with van der Waals surface area (Å²) in [5.41, 5.74) is 0. The third-order valence-corrected chi connectivity index (χ3v) is 3.94. The molecule has 9 heteroatoms. The molecule has 1 aliphatic rings. The Labute approximate surface area is 111 Å². The number of anilines is 1. The van der Waals surface area contributed by atoms with E-state index in [1.807, 2.05) is 4.90 Å². The average Bonchev–Trinajstić information content (AvgIpc) is 2.38. The van der Waals surface area contributed by atoms with Gasteiger partial charge >= 0.3 is 10.3 Å². The van der Waals surface area contributed by atoms with Crippen LogP contribution in [-0.2, 0) is 10.3 Å². The van der Waals surface area contributed by atoms with Crippen LogP contribution >= 0.6 is 0 Å². The van der Waals surface area contributed by atoms with E-state index in [1.165, 1.54) is 0 Å². The van der Waals surface area contributed by atoms with Gasteiger partial charge in [0, 0.05) is 32.4 Å². The molecule has 19 heavy (non-hydrogen) atoms. The molecular weight excluding hydrogens is 272 g/mol. The van der Waals surface area contributed by atoms with Crippen LogP contribution in [0.5, 0.6) is 0 Å². The summed E-state index contributed by atoms with van der Waals surface area (Å²) < 4.78 is 31.9. The first-order valence-electron chi connectivity index (χ1n) is 5.86. The molecule has 106 valence electrons. The zero-order chi connectivity index (χ0) is 14.0. The molecule has 1 aliphatic heterocycles. The molecule has 2 heterocycles. The average molecular weight is 288 g/mol. The number of aliphatic hydroxyl groups is 1. The van der Waals surface area contributed by atoms with Gasteiger partial charge < -0.3 is 10.0 Å². The van der Waals surface area contributed by atoms with Crippen molar-refractivity contribution in [2.24, 2.45) is 0 Å². The van der Waals surface area contributed by atoms with Gasteiger partial charge in [0.25, 0.3) is 0 Å². The van der Waals surface area contributed by atoms with Gasteiger partial charge in [0.1, 0.15) is 11.9 Å². The Morgan fingerprint density at radius 3 is 2.47 bits per heavy atom. The quantitative estimate of drug-likeness (QED) is 0.719. The van der Waals surface area contributed by atoms with Gasteiger partial charge in [-0.15, -0.1) is 0 Å². The Bertz CT molecular complexity index is 540. The first-order chi connectivity index (χ1) is 8.88. The van der Waals surface area contributed by atoms with Gasteiger partial charge in [0.15, 0.2) is 5.82 Å². The van der Waals surface area contributed by atoms with E-state index in [4.69, 9.17) is 4.55 Å². The van der Waals surface area contributed by atoms with Crippen molar-refractivity contribution in [3.8, 4) is 0 Å². The van der Waals surface area contributed by atoms with Crippen molar-refractivity contribution in [1.82, 2.24) is 14.3 Å². The smallest absolute Gasteiger partial charge is 0.336 e. The first kappa shape index (κ1) is 14.1. The van der Waals surface area contributed by atoms with Crippen LogP contribution < -0.4 is 4.90 Å². The second-order valence-electron chi connectivity index (χ2n) is 4.31. The third-order valence-electron chi connectivity index (χ3n) is 2.92. The van der Waals surface area contributed by atoms with Crippen LogP contribution in [0.25, 0.3) is 0 Å². The summed E-state index contributed by atoms with van der Waals surface area (Å²) in [5.74, 6) is 0.968. The lowest BCUT2D eigenvalue weighted by atomic mass is 10.3. The van der Waals surface area contributed by atoms with Crippen LogP contribution in [0.15, 0.2) is 12.3 Å². The van der Waals surface area contributed by atoms with E-state index in [2.05, 4.69) is 9.97 Å². The molecule has 1 fully saturated rings. The number of nitrogens with zero attached hydrogens (tertiary/aromatic N) is 4. The van der Waals surface area contributed by atoms with Crippen LogP contribution in [0.2, 0.25) is 0 Å². The summed E-state index contributed by atoms with van der Waals surface area (Å²) >= 11 is 0. The Hall–Kier alpha value is -1.29. The SMILES string of the molecule is C[C@@H](O)c1nccc(N2CCN(S(=O)(=O)O)CC2)n1. The van der Waals surface area contributed by atoms with Crippen LogP contribution in [0.4, 0.5) is 5.82 Å². The minimum Gasteiger partial charge on any atom is -0.385 e. The number of hydrogen-bond donors (Lipinski definition) is 2. The predicted molar refractivity (Wildman–Crippen MR) is 68.0 cm³/mol. The highest BCUT2D eigenvalue weighted by atomic mass is 32.2. The van der Waals surface area contributed by atoms with Gasteiger partial charge in [-0.25, -0.2) is 9.97 Å². The van der Waals surface area contributed by atoms with Crippen molar-refractivity contribution < 1.29 is 18.1 Å². The van der Waals surface area contributed by atoms with Gasteiger partial charge in [-0.1, -0.05) is 0 Å². The van der Waals surface area contributed by atoms with E-state index in [0.29, 0.717) is 24.7 Å². The molecule has 0 aromatic carbocycles. The van der Waals surface area contributed by atoms with Crippen LogP contribution in [0, 0.1) is 0 Å². The molecule has 2 rings (SSSR count). The van der Waals surface area contributed by atoms with Gasteiger partial charge in [0.05, 0.1) is 0 Å². The largest absolute Gasteiger partial charge is 0.385 e. The Morgan fingerprint density at radius 1 is 1.32 bits per heavy atom. The molecule has 0 radical (unpaired) electrons. The van der Waals surface area contributed by atoms with Crippen molar-refractivity contribution in [2.75, 3.05) is 31.1 Å². The summed E-state index contributed by atoms with van der Waals surface area (Å²) in [6, 6.07) is 1.70. The predicted octanol–water partition coefficient (Wildman–Crippen LogP) is -0.545. The number of piperazine rings is 1. The number of hydrogen-bond acceptors (Lipinski definition) is 6. The molecule has 2 N–H and O–H groups in total. The van der Waals surface area contributed by atoms with Crippen LogP contribution in [0.3, 0.4) is 0 Å². The zero-order valence-corrected chi connectivity index (χ0v) is 11.3. The minimum atomic E-state index is -4.12. The molecule has 1 atom stereocenters. The summed E-state index contributed by atoms with van der Waals surface area (Å²) in [6.07, 6.45) is 0.804. The van der Waals surface area contributed by atoms with Gasteiger partial charge in [-0.3, -0.25) is 4.55 Å². The molecular formula is C10H16N4O4S. The minimum absolute atomic E-state index is 0.201. The number of rotatable bonds is 3. The lowest BCUT2D eigenvalue weighted by Crippen LogP contribution is -2.48. The fourth-order valence-electron chi connectivity index (χ4n) is 1.89. The van der Waals surface area contributed by atoms with Crippen molar-refractivity contribution in [2.45, 2.75) is 13.0 Å². The van der Waals surface area contributed by atoms with E-state index in [1.54, 1.807) is 19.2 Å². The highest BCUT2D eigenvalue weighted by Gasteiger charge is 2.25. The fraction of sp³-hybridized carbons (Fsp3) is 0.600. The molecule has 1 aromatic rings. The van der Waals surface area contributed by atoms with Crippen molar-refractivity contribution in [3.05, 3.63) is 18.1 Å².